The molecule has 0 fully saturated rings. The molecule has 0 aromatic heterocycles. The molecule has 0 radical (unpaired) electrons. The van der Waals surface area contributed by atoms with Crippen LogP contribution in [0.4, 0.5) is 5.69 Å². The lowest BCUT2D eigenvalue weighted by Gasteiger charge is -2.26. The number of ketones is 1. The summed E-state index contributed by atoms with van der Waals surface area (Å²) in [7, 11) is -0.0124. The molecule has 256 valence electrons. The van der Waals surface area contributed by atoms with Crippen molar-refractivity contribution in [2.75, 3.05) is 23.8 Å². The van der Waals surface area contributed by atoms with Crippen LogP contribution in [-0.4, -0.2) is 52.3 Å². The minimum absolute atomic E-state index is 0.0560. The number of benzene rings is 2. The first-order valence-corrected chi connectivity index (χ1v) is 20.6. The molecule has 0 saturated heterocycles. The van der Waals surface area contributed by atoms with Gasteiger partial charge >= 0.3 is 7.60 Å². The summed E-state index contributed by atoms with van der Waals surface area (Å²) in [4.78, 5) is 49.6. The van der Waals surface area contributed by atoms with E-state index < -0.39 is 7.60 Å². The number of unbranched alkanes of at least 4 members (excludes halogenated alkanes) is 3. The molecule has 1 aliphatic heterocycles. The molecular weight excluding hydrogens is 652 g/mol. The molecule has 2 unspecified atom stereocenters. The zero-order chi connectivity index (χ0) is 34.1. The summed E-state index contributed by atoms with van der Waals surface area (Å²) in [5, 5.41) is 3.29. The summed E-state index contributed by atoms with van der Waals surface area (Å²) >= 11 is 0. The molecule has 0 aliphatic carbocycles. The van der Waals surface area contributed by atoms with Crippen molar-refractivity contribution in [2.24, 2.45) is 0 Å². The van der Waals surface area contributed by atoms with E-state index >= 15 is 0 Å². The summed E-state index contributed by atoms with van der Waals surface area (Å²) in [5.74, 6) is 7.36. The zero-order valence-corrected chi connectivity index (χ0v) is 30.4. The van der Waals surface area contributed by atoms with E-state index in [0.29, 0.717) is 31.2 Å². The molecule has 0 bridgehead atoms. The molecule has 2 atom stereocenters. The van der Waals surface area contributed by atoms with Gasteiger partial charge in [0.1, 0.15) is 5.78 Å². The van der Waals surface area contributed by atoms with E-state index in [-0.39, 0.29) is 42.7 Å². The average molecular weight is 701 g/mol. The first kappa shape index (κ1) is 38.9. The van der Waals surface area contributed by atoms with Gasteiger partial charge in [0.2, 0.25) is 11.8 Å². The first-order chi connectivity index (χ1) is 22.6. The summed E-state index contributed by atoms with van der Waals surface area (Å²) in [6, 6.07) is 15.5. The summed E-state index contributed by atoms with van der Waals surface area (Å²) in [6.45, 7) is 6.81. The van der Waals surface area contributed by atoms with Gasteiger partial charge < -0.3 is 19.6 Å². The molecule has 2 N–H and O–H groups in total. The highest BCUT2D eigenvalue weighted by molar-refractivity contribution is 8.76. The monoisotopic (exact) mass is 700 g/mol. The van der Waals surface area contributed by atoms with E-state index in [1.54, 1.807) is 40.3 Å². The van der Waals surface area contributed by atoms with Gasteiger partial charge in [-0.1, -0.05) is 97.4 Å². The van der Waals surface area contributed by atoms with E-state index in [1.807, 2.05) is 48.5 Å². The van der Waals surface area contributed by atoms with Crippen LogP contribution in [0.2, 0.25) is 0 Å². The Labute approximate surface area is 288 Å². The number of para-hydroxylation sites is 1. The summed E-state index contributed by atoms with van der Waals surface area (Å²) < 4.78 is 16.9. The number of hydrogen-bond acceptors (Lipinski definition) is 7. The number of carbonyl (C=O) groups excluding carboxylic acids is 3. The van der Waals surface area contributed by atoms with E-state index in [9.17, 15) is 23.8 Å². The third-order valence-corrected chi connectivity index (χ3v) is 12.7. The van der Waals surface area contributed by atoms with Crippen LogP contribution in [0.25, 0.3) is 0 Å². The molecular formula is C36H49N2O6PS2. The molecule has 0 saturated carbocycles. The van der Waals surface area contributed by atoms with Crippen LogP contribution in [0.5, 0.6) is 0 Å². The smallest absolute Gasteiger partial charge is 0.330 e. The average Bonchev–Trinajstić information content (AvgIpc) is 3.04. The van der Waals surface area contributed by atoms with Crippen LogP contribution >= 0.6 is 29.2 Å². The predicted molar refractivity (Wildman–Crippen MR) is 195 cm³/mol. The van der Waals surface area contributed by atoms with Gasteiger partial charge in [0.15, 0.2) is 0 Å². The summed E-state index contributed by atoms with van der Waals surface area (Å²) in [6.07, 6.45) is 6.31. The van der Waals surface area contributed by atoms with Gasteiger partial charge in [-0.15, -0.1) is 0 Å². The van der Waals surface area contributed by atoms with Gasteiger partial charge in [-0.2, -0.15) is 0 Å². The molecule has 1 aliphatic rings. The van der Waals surface area contributed by atoms with E-state index in [1.165, 1.54) is 0 Å². The fourth-order valence-electron chi connectivity index (χ4n) is 4.83. The molecule has 8 nitrogen and oxygen atoms in total. The number of nitrogens with zero attached hydrogens (tertiary/aromatic N) is 1. The van der Waals surface area contributed by atoms with Crippen molar-refractivity contribution in [3.63, 3.8) is 0 Å². The lowest BCUT2D eigenvalue weighted by molar-refractivity contribution is -0.124. The maximum absolute atomic E-state index is 13.3. The number of anilines is 1. The van der Waals surface area contributed by atoms with E-state index in [0.717, 1.165) is 66.7 Å². The zero-order valence-electron chi connectivity index (χ0n) is 27.9. The molecule has 1 heterocycles. The highest BCUT2D eigenvalue weighted by Gasteiger charge is 2.24. The van der Waals surface area contributed by atoms with Crippen molar-refractivity contribution < 1.29 is 28.4 Å². The van der Waals surface area contributed by atoms with Gasteiger partial charge in [0, 0.05) is 54.4 Å². The Morgan fingerprint density at radius 1 is 0.915 bits per heavy atom. The molecule has 2 amide bonds. The number of amides is 2. The number of carbonyl (C=O) groups is 3. The van der Waals surface area contributed by atoms with Crippen molar-refractivity contribution in [3.05, 3.63) is 65.2 Å². The standard InChI is InChI=1S/C36H49N2O6PS2/c1-28(2)45(42,43)44-25-11-5-4-10-24-37-35(40)22-18-29(3)47-46-26-12-16-33(39)21-23-36(41)38-27-32-15-7-6-13-30(32)19-20-31-14-8-9-17-34(31)38/h6-9,13-15,17,28-29H,4-5,10-12,16,18,21-27H2,1-3H3,(H,37,40)(H,42,43). The van der Waals surface area contributed by atoms with E-state index in [2.05, 4.69) is 24.1 Å². The lowest BCUT2D eigenvalue weighted by Crippen LogP contribution is -2.32. The third-order valence-electron chi connectivity index (χ3n) is 7.81. The molecule has 3 rings (SSSR count). The Morgan fingerprint density at radius 2 is 1.62 bits per heavy atom. The number of rotatable bonds is 21. The highest BCUT2D eigenvalue weighted by Crippen LogP contribution is 2.47. The van der Waals surface area contributed by atoms with Gasteiger partial charge in [-0.25, -0.2) is 0 Å². The Morgan fingerprint density at radius 3 is 2.40 bits per heavy atom. The van der Waals surface area contributed by atoms with Crippen molar-refractivity contribution in [3.8, 4) is 11.8 Å². The van der Waals surface area contributed by atoms with E-state index in [4.69, 9.17) is 4.52 Å². The normalized spacial score (nSPS) is 14.1. The third kappa shape index (κ3) is 14.2. The maximum atomic E-state index is 13.3. The van der Waals surface area contributed by atoms with Crippen LogP contribution in [0.15, 0.2) is 48.5 Å². The lowest BCUT2D eigenvalue weighted by atomic mass is 10.0. The van der Waals surface area contributed by atoms with Crippen LogP contribution in [0.3, 0.4) is 0 Å². The Kier molecular flexibility index (Phi) is 17.2. The van der Waals surface area contributed by atoms with Crippen LogP contribution < -0.4 is 10.2 Å². The molecule has 2 aromatic carbocycles. The number of fused-ring (bicyclic) bond motifs is 2. The second kappa shape index (κ2) is 20.7. The Hall–Kier alpha value is -2.54. The molecule has 2 aromatic rings. The maximum Gasteiger partial charge on any atom is 0.330 e. The quantitative estimate of drug-likeness (QED) is 0.0585. The largest absolute Gasteiger partial charge is 0.356 e. The second-order valence-corrected chi connectivity index (χ2v) is 17.4. The number of nitrogens with one attached hydrogen (secondary N) is 1. The highest BCUT2D eigenvalue weighted by atomic mass is 33.1. The Balaban J connectivity index is 1.23. The van der Waals surface area contributed by atoms with Gasteiger partial charge in [-0.05, 0) is 49.4 Å². The summed E-state index contributed by atoms with van der Waals surface area (Å²) in [5.41, 5.74) is 3.11. The van der Waals surface area contributed by atoms with Gasteiger partial charge in [0.25, 0.3) is 0 Å². The van der Waals surface area contributed by atoms with Crippen molar-refractivity contribution in [2.45, 2.75) is 102 Å². The minimum Gasteiger partial charge on any atom is -0.356 e. The molecule has 0 spiro atoms. The van der Waals surface area contributed by atoms with Crippen molar-refractivity contribution in [1.82, 2.24) is 5.32 Å². The van der Waals surface area contributed by atoms with Crippen LogP contribution in [0.1, 0.15) is 102 Å². The van der Waals surface area contributed by atoms with Crippen molar-refractivity contribution in [1.29, 1.82) is 0 Å². The SMILES string of the molecule is CC(CCC(=O)NCCCCCCOP(=O)(O)C(C)C)SSCCCC(=O)CCC(=O)N1Cc2ccccc2C#Cc2ccccc21. The first-order valence-electron chi connectivity index (χ1n) is 16.6. The van der Waals surface area contributed by atoms with Gasteiger partial charge in [-0.3, -0.25) is 18.9 Å². The molecule has 47 heavy (non-hydrogen) atoms. The van der Waals surface area contributed by atoms with Gasteiger partial charge in [0.05, 0.1) is 24.5 Å². The van der Waals surface area contributed by atoms with Crippen LogP contribution in [-0.2, 0) is 30.0 Å². The number of Topliss-reactive ketones (excluding diaryl/α,β-unsaturated/α-hetero) is 1. The van der Waals surface area contributed by atoms with Crippen molar-refractivity contribution >= 4 is 52.5 Å². The fraction of sp³-hybridized carbons (Fsp3) is 0.528. The molecule has 11 heteroatoms. The minimum atomic E-state index is -3.49. The topological polar surface area (TPSA) is 113 Å². The Bertz CT molecular complexity index is 1440. The van der Waals surface area contributed by atoms with Crippen LogP contribution in [0, 0.1) is 11.8 Å². The predicted octanol–water partition coefficient (Wildman–Crippen LogP) is 7.90. The number of hydrogen-bond donors (Lipinski definition) is 2. The fourth-order valence-corrected chi connectivity index (χ4v) is 7.95. The second-order valence-electron chi connectivity index (χ2n) is 12.1.